The second-order valence-corrected chi connectivity index (χ2v) is 5.58. The van der Waals surface area contributed by atoms with Crippen molar-refractivity contribution in [2.45, 2.75) is 38.1 Å². The van der Waals surface area contributed by atoms with Crippen LogP contribution in [-0.2, 0) is 9.59 Å². The van der Waals surface area contributed by atoms with Crippen LogP contribution in [0.25, 0.3) is 0 Å². The fraction of sp³-hybridized carbons (Fsp3) is 0.471. The van der Waals surface area contributed by atoms with Crippen LogP contribution in [-0.4, -0.2) is 38.3 Å². The van der Waals surface area contributed by atoms with Crippen molar-refractivity contribution in [1.82, 2.24) is 10.7 Å². The average Bonchev–Trinajstić information content (AvgIpc) is 2.62. The first kappa shape index (κ1) is 17.8. The predicted octanol–water partition coefficient (Wildman–Crippen LogP) is 1.60. The molecule has 7 heteroatoms. The maximum absolute atomic E-state index is 11.9. The van der Waals surface area contributed by atoms with E-state index < -0.39 is 11.8 Å². The van der Waals surface area contributed by atoms with Gasteiger partial charge in [-0.2, -0.15) is 5.10 Å². The number of methoxy groups -OCH3 is 2. The number of carbonyl (C=O) groups excluding carboxylic acids is 2. The Morgan fingerprint density at radius 2 is 1.71 bits per heavy atom. The number of nitrogens with zero attached hydrogens (tertiary/aromatic N) is 1. The van der Waals surface area contributed by atoms with E-state index in [1.807, 2.05) is 0 Å². The van der Waals surface area contributed by atoms with Crippen molar-refractivity contribution in [2.24, 2.45) is 5.10 Å². The van der Waals surface area contributed by atoms with Crippen molar-refractivity contribution >= 4 is 18.0 Å². The number of hydrogen-bond donors (Lipinski definition) is 2. The Kier molecular flexibility index (Phi) is 6.60. The summed E-state index contributed by atoms with van der Waals surface area (Å²) in [6.45, 7) is 0. The van der Waals surface area contributed by atoms with Crippen LogP contribution in [0.15, 0.2) is 23.3 Å². The second kappa shape index (κ2) is 8.90. The topological polar surface area (TPSA) is 89.0 Å². The van der Waals surface area contributed by atoms with Gasteiger partial charge in [-0.3, -0.25) is 9.59 Å². The standard InChI is InChI=1S/C17H23N3O4/c1-23-14-9-6-10-15(24-2)13(14)11-18-20-17(22)16(21)19-12-7-4-3-5-8-12/h6,9-12H,3-5,7-8H2,1-2H3,(H,19,21)(H,20,22)/b18-11-. The first-order valence-corrected chi connectivity index (χ1v) is 8.00. The molecule has 0 radical (unpaired) electrons. The van der Waals surface area contributed by atoms with E-state index in [2.05, 4.69) is 15.8 Å². The number of hydrogen-bond acceptors (Lipinski definition) is 5. The number of benzene rings is 1. The quantitative estimate of drug-likeness (QED) is 0.487. The highest BCUT2D eigenvalue weighted by atomic mass is 16.5. The van der Waals surface area contributed by atoms with Crippen LogP contribution in [0.5, 0.6) is 11.5 Å². The molecule has 0 atom stereocenters. The second-order valence-electron chi connectivity index (χ2n) is 5.58. The molecule has 24 heavy (non-hydrogen) atoms. The first-order valence-electron chi connectivity index (χ1n) is 8.00. The lowest BCUT2D eigenvalue weighted by Crippen LogP contribution is -2.44. The molecule has 2 amide bonds. The SMILES string of the molecule is COc1cccc(OC)c1/C=N\NC(=O)C(=O)NC1CCCCC1. The minimum Gasteiger partial charge on any atom is -0.496 e. The summed E-state index contributed by atoms with van der Waals surface area (Å²) >= 11 is 0. The highest BCUT2D eigenvalue weighted by Gasteiger charge is 2.20. The lowest BCUT2D eigenvalue weighted by Gasteiger charge is -2.22. The molecule has 0 spiro atoms. The highest BCUT2D eigenvalue weighted by Crippen LogP contribution is 2.26. The molecule has 130 valence electrons. The number of nitrogens with one attached hydrogen (secondary N) is 2. The minimum atomic E-state index is -0.786. The van der Waals surface area contributed by atoms with Gasteiger partial charge in [-0.25, -0.2) is 5.43 Å². The Morgan fingerprint density at radius 3 is 2.29 bits per heavy atom. The van der Waals surface area contributed by atoms with E-state index in [0.717, 1.165) is 25.7 Å². The van der Waals surface area contributed by atoms with E-state index in [9.17, 15) is 9.59 Å². The molecule has 1 aromatic carbocycles. The van der Waals surface area contributed by atoms with Gasteiger partial charge in [-0.15, -0.1) is 0 Å². The van der Waals surface area contributed by atoms with Gasteiger partial charge < -0.3 is 14.8 Å². The molecule has 0 aromatic heterocycles. The molecular weight excluding hydrogens is 310 g/mol. The summed E-state index contributed by atoms with van der Waals surface area (Å²) in [6.07, 6.45) is 6.57. The number of rotatable bonds is 5. The smallest absolute Gasteiger partial charge is 0.329 e. The number of amides is 2. The van der Waals surface area contributed by atoms with Gasteiger partial charge in [0.05, 0.1) is 26.0 Å². The van der Waals surface area contributed by atoms with Gasteiger partial charge in [0, 0.05) is 6.04 Å². The monoisotopic (exact) mass is 333 g/mol. The summed E-state index contributed by atoms with van der Waals surface area (Å²) in [5, 5.41) is 6.57. The maximum atomic E-state index is 11.9. The molecule has 0 bridgehead atoms. The highest BCUT2D eigenvalue weighted by molar-refractivity contribution is 6.35. The third kappa shape index (κ3) is 4.71. The van der Waals surface area contributed by atoms with Gasteiger partial charge in [-0.1, -0.05) is 25.3 Å². The normalized spacial score (nSPS) is 15.1. The van der Waals surface area contributed by atoms with Gasteiger partial charge in [0.2, 0.25) is 0 Å². The van der Waals surface area contributed by atoms with Crippen LogP contribution >= 0.6 is 0 Å². The Morgan fingerprint density at radius 1 is 1.08 bits per heavy atom. The van der Waals surface area contributed by atoms with Crippen molar-refractivity contribution in [2.75, 3.05) is 14.2 Å². The summed E-state index contributed by atoms with van der Waals surface area (Å²) < 4.78 is 10.5. The van der Waals surface area contributed by atoms with Crippen LogP contribution in [0, 0.1) is 0 Å². The Labute approximate surface area is 141 Å². The third-order valence-electron chi connectivity index (χ3n) is 3.97. The summed E-state index contributed by atoms with van der Waals surface area (Å²) in [5.74, 6) is -0.338. The van der Waals surface area contributed by atoms with Crippen LogP contribution in [0.2, 0.25) is 0 Å². The fourth-order valence-electron chi connectivity index (χ4n) is 2.71. The lowest BCUT2D eigenvalue weighted by atomic mass is 9.95. The molecule has 1 aliphatic carbocycles. The molecule has 1 aromatic rings. The summed E-state index contributed by atoms with van der Waals surface area (Å²) in [4.78, 5) is 23.7. The molecule has 2 N–H and O–H groups in total. The zero-order valence-corrected chi connectivity index (χ0v) is 14.0. The van der Waals surface area contributed by atoms with Crippen LogP contribution in [0.3, 0.4) is 0 Å². The van der Waals surface area contributed by atoms with E-state index in [0.29, 0.717) is 17.1 Å². The van der Waals surface area contributed by atoms with Crippen molar-refractivity contribution in [3.05, 3.63) is 23.8 Å². The Bertz CT molecular complexity index is 588. The van der Waals surface area contributed by atoms with E-state index in [-0.39, 0.29) is 6.04 Å². The summed E-state index contributed by atoms with van der Waals surface area (Å²) in [5.41, 5.74) is 2.81. The van der Waals surface area contributed by atoms with E-state index >= 15 is 0 Å². The molecule has 0 aliphatic heterocycles. The molecule has 0 heterocycles. The maximum Gasteiger partial charge on any atom is 0.329 e. The largest absolute Gasteiger partial charge is 0.496 e. The third-order valence-corrected chi connectivity index (χ3v) is 3.97. The van der Waals surface area contributed by atoms with Crippen LogP contribution in [0.1, 0.15) is 37.7 Å². The van der Waals surface area contributed by atoms with E-state index in [1.54, 1.807) is 18.2 Å². The van der Waals surface area contributed by atoms with E-state index in [4.69, 9.17) is 9.47 Å². The zero-order valence-electron chi connectivity index (χ0n) is 14.0. The molecule has 7 nitrogen and oxygen atoms in total. The van der Waals surface area contributed by atoms with E-state index in [1.165, 1.54) is 26.9 Å². The first-order chi connectivity index (χ1) is 11.7. The lowest BCUT2D eigenvalue weighted by molar-refractivity contribution is -0.139. The molecule has 2 rings (SSSR count). The number of hydrazone groups is 1. The number of carbonyl (C=O) groups is 2. The molecular formula is C17H23N3O4. The van der Waals surface area contributed by atoms with Crippen molar-refractivity contribution in [1.29, 1.82) is 0 Å². The number of ether oxygens (including phenoxy) is 2. The van der Waals surface area contributed by atoms with Crippen molar-refractivity contribution in [3.63, 3.8) is 0 Å². The summed E-state index contributed by atoms with van der Waals surface area (Å²) in [7, 11) is 3.06. The molecule has 1 aliphatic rings. The van der Waals surface area contributed by atoms with Gasteiger partial charge in [-0.05, 0) is 25.0 Å². The Hall–Kier alpha value is -2.57. The fourth-order valence-corrected chi connectivity index (χ4v) is 2.71. The van der Waals surface area contributed by atoms with Gasteiger partial charge in [0.15, 0.2) is 0 Å². The summed E-state index contributed by atoms with van der Waals surface area (Å²) in [6, 6.07) is 5.36. The van der Waals surface area contributed by atoms with Crippen molar-refractivity contribution < 1.29 is 19.1 Å². The van der Waals surface area contributed by atoms with Gasteiger partial charge in [0.1, 0.15) is 11.5 Å². The predicted molar refractivity (Wildman–Crippen MR) is 90.3 cm³/mol. The molecule has 1 fully saturated rings. The molecule has 0 unspecified atom stereocenters. The van der Waals surface area contributed by atoms with Crippen LogP contribution < -0.4 is 20.2 Å². The minimum absolute atomic E-state index is 0.0790. The van der Waals surface area contributed by atoms with Gasteiger partial charge >= 0.3 is 11.8 Å². The zero-order chi connectivity index (χ0) is 17.4. The Balaban J connectivity index is 1.93. The molecule has 0 saturated heterocycles. The van der Waals surface area contributed by atoms with Gasteiger partial charge in [0.25, 0.3) is 0 Å². The average molecular weight is 333 g/mol. The van der Waals surface area contributed by atoms with Crippen molar-refractivity contribution in [3.8, 4) is 11.5 Å². The van der Waals surface area contributed by atoms with Crippen LogP contribution in [0.4, 0.5) is 0 Å². The molecule has 1 saturated carbocycles.